The van der Waals surface area contributed by atoms with Crippen molar-refractivity contribution in [3.63, 3.8) is 0 Å². The number of rotatable bonds is 2. The number of anilines is 1. The standard InChI is InChI=1S/C13H11ClF3NO/c1-7-9(3-5-12(19)13(15,16)17)10-6-8(14)2-4-11(10)18-7/h2-7,9,18H,1H3/b5-3+. The maximum absolute atomic E-state index is 12.1. The molecule has 19 heavy (non-hydrogen) atoms. The van der Waals surface area contributed by atoms with Crippen molar-refractivity contribution in [1.29, 1.82) is 0 Å². The number of hydrogen-bond donors (Lipinski definition) is 1. The second kappa shape index (κ2) is 4.89. The molecule has 0 radical (unpaired) electrons. The molecule has 0 fully saturated rings. The van der Waals surface area contributed by atoms with Gasteiger partial charge in [-0.15, -0.1) is 0 Å². The molecule has 0 aliphatic carbocycles. The van der Waals surface area contributed by atoms with E-state index in [-0.39, 0.29) is 12.0 Å². The molecule has 2 atom stereocenters. The number of carbonyl (C=O) groups is 1. The predicted octanol–water partition coefficient (Wildman–Crippen LogP) is 3.93. The summed E-state index contributed by atoms with van der Waals surface area (Å²) in [4.78, 5) is 10.8. The van der Waals surface area contributed by atoms with E-state index in [1.807, 2.05) is 6.92 Å². The second-order valence-corrected chi connectivity index (χ2v) is 4.85. The first-order valence-corrected chi connectivity index (χ1v) is 6.02. The molecule has 2 unspecified atom stereocenters. The van der Waals surface area contributed by atoms with E-state index in [9.17, 15) is 18.0 Å². The molecule has 1 aromatic rings. The van der Waals surface area contributed by atoms with E-state index in [1.165, 1.54) is 6.08 Å². The van der Waals surface area contributed by atoms with E-state index in [2.05, 4.69) is 5.32 Å². The molecule has 0 bridgehead atoms. The maximum Gasteiger partial charge on any atom is 0.454 e. The highest BCUT2D eigenvalue weighted by atomic mass is 35.5. The first-order valence-electron chi connectivity index (χ1n) is 5.64. The van der Waals surface area contributed by atoms with Gasteiger partial charge in [0.05, 0.1) is 0 Å². The van der Waals surface area contributed by atoms with Crippen LogP contribution in [0.5, 0.6) is 0 Å². The van der Waals surface area contributed by atoms with Crippen molar-refractivity contribution in [3.05, 3.63) is 40.9 Å². The average molecular weight is 290 g/mol. The lowest BCUT2D eigenvalue weighted by molar-refractivity contribution is -0.165. The van der Waals surface area contributed by atoms with Crippen LogP contribution in [0.3, 0.4) is 0 Å². The lowest BCUT2D eigenvalue weighted by atomic mass is 9.95. The molecule has 1 N–H and O–H groups in total. The minimum Gasteiger partial charge on any atom is -0.381 e. The summed E-state index contributed by atoms with van der Waals surface area (Å²) in [6.45, 7) is 1.83. The summed E-state index contributed by atoms with van der Waals surface area (Å²) in [6, 6.07) is 5.08. The number of alkyl halides is 3. The van der Waals surface area contributed by atoms with Crippen molar-refractivity contribution in [1.82, 2.24) is 0 Å². The fourth-order valence-electron chi connectivity index (χ4n) is 2.10. The number of benzene rings is 1. The zero-order valence-corrected chi connectivity index (χ0v) is 10.7. The fraction of sp³-hybridized carbons (Fsp3) is 0.308. The molecule has 0 amide bonds. The van der Waals surface area contributed by atoms with E-state index in [0.29, 0.717) is 11.1 Å². The lowest BCUT2D eigenvalue weighted by Gasteiger charge is -2.11. The van der Waals surface area contributed by atoms with Crippen LogP contribution >= 0.6 is 11.6 Å². The van der Waals surface area contributed by atoms with Gasteiger partial charge >= 0.3 is 6.18 Å². The van der Waals surface area contributed by atoms with E-state index >= 15 is 0 Å². The van der Waals surface area contributed by atoms with E-state index in [0.717, 1.165) is 11.3 Å². The highest BCUT2D eigenvalue weighted by Gasteiger charge is 2.36. The molecule has 0 aromatic heterocycles. The SMILES string of the molecule is CC1Nc2ccc(Cl)cc2C1/C=C/C(=O)C(F)(F)F. The van der Waals surface area contributed by atoms with Crippen molar-refractivity contribution in [3.8, 4) is 0 Å². The van der Waals surface area contributed by atoms with Gasteiger partial charge in [0.1, 0.15) is 0 Å². The molecule has 1 aliphatic heterocycles. The quantitative estimate of drug-likeness (QED) is 0.836. The molecular weight excluding hydrogens is 279 g/mol. The lowest BCUT2D eigenvalue weighted by Crippen LogP contribution is -2.21. The second-order valence-electron chi connectivity index (χ2n) is 4.41. The van der Waals surface area contributed by atoms with Crippen molar-refractivity contribution < 1.29 is 18.0 Å². The molecule has 1 heterocycles. The van der Waals surface area contributed by atoms with Crippen LogP contribution in [0.25, 0.3) is 0 Å². The molecule has 102 valence electrons. The third-order valence-electron chi connectivity index (χ3n) is 3.03. The third-order valence-corrected chi connectivity index (χ3v) is 3.26. The predicted molar refractivity (Wildman–Crippen MR) is 67.5 cm³/mol. The molecule has 0 spiro atoms. The van der Waals surface area contributed by atoms with Crippen molar-refractivity contribution in [2.24, 2.45) is 0 Å². The topological polar surface area (TPSA) is 29.1 Å². The zero-order chi connectivity index (χ0) is 14.2. The largest absolute Gasteiger partial charge is 0.454 e. The van der Waals surface area contributed by atoms with Gasteiger partial charge in [-0.05, 0) is 36.8 Å². The minimum absolute atomic E-state index is 0.0919. The monoisotopic (exact) mass is 289 g/mol. The van der Waals surface area contributed by atoms with Crippen molar-refractivity contribution >= 4 is 23.1 Å². The Balaban J connectivity index is 2.25. The molecule has 1 aromatic carbocycles. The summed E-state index contributed by atoms with van der Waals surface area (Å²) in [5, 5.41) is 3.64. The number of carbonyl (C=O) groups excluding carboxylic acids is 1. The molecule has 2 nitrogen and oxygen atoms in total. The van der Waals surface area contributed by atoms with Gasteiger partial charge in [-0.25, -0.2) is 0 Å². The maximum atomic E-state index is 12.1. The average Bonchev–Trinajstić information content (AvgIpc) is 2.60. The van der Waals surface area contributed by atoms with Gasteiger partial charge in [0.2, 0.25) is 0 Å². The Morgan fingerprint density at radius 3 is 2.74 bits per heavy atom. The zero-order valence-electron chi connectivity index (χ0n) is 9.96. The molecular formula is C13H11ClF3NO. The van der Waals surface area contributed by atoms with Gasteiger partial charge in [0, 0.05) is 22.7 Å². The minimum atomic E-state index is -4.83. The molecule has 0 saturated carbocycles. The van der Waals surface area contributed by atoms with Crippen LogP contribution in [0.4, 0.5) is 18.9 Å². The summed E-state index contributed by atoms with van der Waals surface area (Å²) in [5.41, 5.74) is 1.62. The van der Waals surface area contributed by atoms with Crippen LogP contribution in [0, 0.1) is 0 Å². The van der Waals surface area contributed by atoms with Crippen LogP contribution in [0.15, 0.2) is 30.4 Å². The van der Waals surface area contributed by atoms with Gasteiger partial charge in [-0.2, -0.15) is 13.2 Å². The Kier molecular flexibility index (Phi) is 3.58. The number of nitrogens with one attached hydrogen (secondary N) is 1. The number of fused-ring (bicyclic) bond motifs is 1. The smallest absolute Gasteiger partial charge is 0.381 e. The summed E-state index contributed by atoms with van der Waals surface area (Å²) in [6.07, 6.45) is -2.97. The van der Waals surface area contributed by atoms with Gasteiger partial charge in [-0.3, -0.25) is 4.79 Å². The van der Waals surface area contributed by atoms with Gasteiger partial charge in [0.25, 0.3) is 5.78 Å². The van der Waals surface area contributed by atoms with Crippen LogP contribution < -0.4 is 5.32 Å². The number of ketones is 1. The Morgan fingerprint density at radius 1 is 1.42 bits per heavy atom. The van der Waals surface area contributed by atoms with Gasteiger partial charge in [0.15, 0.2) is 0 Å². The normalized spacial score (nSPS) is 22.4. The molecule has 0 saturated heterocycles. The Morgan fingerprint density at radius 2 is 2.11 bits per heavy atom. The Hall–Kier alpha value is -1.49. The first kappa shape index (κ1) is 13.9. The van der Waals surface area contributed by atoms with E-state index in [4.69, 9.17) is 11.6 Å². The van der Waals surface area contributed by atoms with Crippen molar-refractivity contribution in [2.45, 2.75) is 25.1 Å². The third kappa shape index (κ3) is 2.92. The van der Waals surface area contributed by atoms with Gasteiger partial charge < -0.3 is 5.32 Å². The summed E-state index contributed by atoms with van der Waals surface area (Å²) >= 11 is 5.87. The summed E-state index contributed by atoms with van der Waals surface area (Å²) < 4.78 is 36.4. The number of halogens is 4. The van der Waals surface area contributed by atoms with Crippen LogP contribution in [-0.4, -0.2) is 18.0 Å². The summed E-state index contributed by atoms with van der Waals surface area (Å²) in [7, 11) is 0. The van der Waals surface area contributed by atoms with Crippen LogP contribution in [-0.2, 0) is 4.79 Å². The van der Waals surface area contributed by atoms with Gasteiger partial charge in [-0.1, -0.05) is 17.7 Å². The van der Waals surface area contributed by atoms with Crippen LogP contribution in [0.2, 0.25) is 5.02 Å². The number of allylic oxidation sites excluding steroid dienone is 1. The summed E-state index contributed by atoms with van der Waals surface area (Å²) in [5.74, 6) is -2.16. The number of hydrogen-bond acceptors (Lipinski definition) is 2. The highest BCUT2D eigenvalue weighted by Crippen LogP contribution is 2.38. The fourth-order valence-corrected chi connectivity index (χ4v) is 2.28. The Bertz CT molecular complexity index is 539. The van der Waals surface area contributed by atoms with E-state index in [1.54, 1.807) is 18.2 Å². The molecule has 6 heteroatoms. The van der Waals surface area contributed by atoms with Crippen molar-refractivity contribution in [2.75, 3.05) is 5.32 Å². The first-order chi connectivity index (χ1) is 8.79. The molecule has 1 aliphatic rings. The van der Waals surface area contributed by atoms with E-state index < -0.39 is 12.0 Å². The molecule has 2 rings (SSSR count). The Labute approximate surface area is 113 Å². The highest BCUT2D eigenvalue weighted by molar-refractivity contribution is 6.30. The van der Waals surface area contributed by atoms with Crippen LogP contribution in [0.1, 0.15) is 18.4 Å².